The summed E-state index contributed by atoms with van der Waals surface area (Å²) < 4.78 is 0. The monoisotopic (exact) mass is 279 g/mol. The fourth-order valence-electron chi connectivity index (χ4n) is 2.50. The van der Waals surface area contributed by atoms with Gasteiger partial charge in [-0.2, -0.15) is 0 Å². The fourth-order valence-corrected chi connectivity index (χ4v) is 4.13. The number of nitrogens with zero attached hydrogens (tertiary/aromatic N) is 2. The Labute approximate surface area is 115 Å². The molecular weight excluding hydrogens is 262 g/mol. The minimum atomic E-state index is 0.503. The Morgan fingerprint density at radius 3 is 3.17 bits per heavy atom. The molecule has 0 saturated carbocycles. The summed E-state index contributed by atoms with van der Waals surface area (Å²) in [5.74, 6) is 0. The summed E-state index contributed by atoms with van der Waals surface area (Å²) in [6.45, 7) is 4.91. The Morgan fingerprint density at radius 1 is 1.50 bits per heavy atom. The lowest BCUT2D eigenvalue weighted by Gasteiger charge is -2.32. The maximum atomic E-state index is 5.61. The Morgan fingerprint density at radius 2 is 2.39 bits per heavy atom. The van der Waals surface area contributed by atoms with E-state index >= 15 is 0 Å². The fraction of sp³-hybridized carbons (Fsp3) is 0.462. The molecule has 3 heterocycles. The molecule has 0 fully saturated rings. The third-order valence-electron chi connectivity index (χ3n) is 3.54. The van der Waals surface area contributed by atoms with Gasteiger partial charge in [-0.25, -0.2) is 4.98 Å². The molecule has 3 nitrogen and oxygen atoms in total. The van der Waals surface area contributed by atoms with Crippen LogP contribution < -0.4 is 5.73 Å². The van der Waals surface area contributed by atoms with Crippen molar-refractivity contribution < 1.29 is 0 Å². The summed E-state index contributed by atoms with van der Waals surface area (Å²) in [6, 6.07) is 2.77. The molecule has 2 aromatic heterocycles. The number of thiazole rings is 1. The van der Waals surface area contributed by atoms with E-state index in [1.54, 1.807) is 16.2 Å². The van der Waals surface area contributed by atoms with Gasteiger partial charge in [-0.1, -0.05) is 0 Å². The number of thiophene rings is 1. The molecule has 0 amide bonds. The zero-order valence-corrected chi connectivity index (χ0v) is 12.1. The van der Waals surface area contributed by atoms with Gasteiger partial charge in [-0.3, -0.25) is 4.90 Å². The van der Waals surface area contributed by atoms with Gasteiger partial charge in [0.2, 0.25) is 0 Å². The van der Waals surface area contributed by atoms with Crippen LogP contribution in [0.15, 0.2) is 16.8 Å². The largest absolute Gasteiger partial charge is 0.325 e. The molecule has 0 spiro atoms. The lowest BCUT2D eigenvalue weighted by atomic mass is 10.0. The first-order valence-electron chi connectivity index (χ1n) is 6.21. The van der Waals surface area contributed by atoms with E-state index in [4.69, 9.17) is 5.73 Å². The van der Waals surface area contributed by atoms with Crippen LogP contribution in [-0.2, 0) is 19.5 Å². The maximum absolute atomic E-state index is 5.61. The smallest absolute Gasteiger partial charge is 0.106 e. The van der Waals surface area contributed by atoms with Crippen molar-refractivity contribution >= 4 is 22.7 Å². The predicted octanol–water partition coefficient (Wildman–Crippen LogP) is 2.78. The molecule has 2 N–H and O–H groups in total. The average Bonchev–Trinajstić information content (AvgIpc) is 3.01. The van der Waals surface area contributed by atoms with Crippen LogP contribution in [0.1, 0.15) is 34.1 Å². The molecule has 1 atom stereocenters. The van der Waals surface area contributed by atoms with Gasteiger partial charge < -0.3 is 5.73 Å². The van der Waals surface area contributed by atoms with Crippen LogP contribution >= 0.6 is 22.7 Å². The highest BCUT2D eigenvalue weighted by Crippen LogP contribution is 2.33. The highest BCUT2D eigenvalue weighted by atomic mass is 32.1. The number of aromatic nitrogens is 1. The van der Waals surface area contributed by atoms with E-state index in [2.05, 4.69) is 33.6 Å². The molecule has 96 valence electrons. The van der Waals surface area contributed by atoms with E-state index in [1.165, 1.54) is 12.0 Å². The van der Waals surface area contributed by atoms with Gasteiger partial charge >= 0.3 is 0 Å². The Kier molecular flexibility index (Phi) is 3.48. The van der Waals surface area contributed by atoms with Crippen LogP contribution in [-0.4, -0.2) is 16.4 Å². The van der Waals surface area contributed by atoms with Crippen molar-refractivity contribution in [3.05, 3.63) is 38.0 Å². The average molecular weight is 279 g/mol. The molecule has 2 aromatic rings. The van der Waals surface area contributed by atoms with Crippen LogP contribution in [0.25, 0.3) is 0 Å². The van der Waals surface area contributed by atoms with Crippen LogP contribution in [0.4, 0.5) is 0 Å². The van der Waals surface area contributed by atoms with Crippen LogP contribution in [0, 0.1) is 0 Å². The zero-order chi connectivity index (χ0) is 12.5. The lowest BCUT2D eigenvalue weighted by Crippen LogP contribution is -2.32. The van der Waals surface area contributed by atoms with Crippen molar-refractivity contribution in [3.63, 3.8) is 0 Å². The topological polar surface area (TPSA) is 42.1 Å². The van der Waals surface area contributed by atoms with E-state index in [0.717, 1.165) is 23.8 Å². The summed E-state index contributed by atoms with van der Waals surface area (Å²) in [5.41, 5.74) is 8.27. The van der Waals surface area contributed by atoms with Gasteiger partial charge in [0.05, 0.1) is 5.69 Å². The predicted molar refractivity (Wildman–Crippen MR) is 76.9 cm³/mol. The molecule has 0 saturated heterocycles. The molecule has 5 heteroatoms. The van der Waals surface area contributed by atoms with Gasteiger partial charge in [-0.15, -0.1) is 22.7 Å². The summed E-state index contributed by atoms with van der Waals surface area (Å²) in [7, 11) is 0. The van der Waals surface area contributed by atoms with Crippen molar-refractivity contribution in [3.8, 4) is 0 Å². The van der Waals surface area contributed by atoms with E-state index < -0.39 is 0 Å². The first kappa shape index (κ1) is 12.3. The van der Waals surface area contributed by atoms with Crippen molar-refractivity contribution in [2.45, 2.75) is 32.5 Å². The summed E-state index contributed by atoms with van der Waals surface area (Å²) in [6.07, 6.45) is 1.17. The number of rotatable bonds is 3. The molecule has 3 rings (SSSR count). The van der Waals surface area contributed by atoms with Gasteiger partial charge in [0.1, 0.15) is 5.01 Å². The molecule has 0 aliphatic carbocycles. The van der Waals surface area contributed by atoms with E-state index in [0.29, 0.717) is 12.6 Å². The number of hydrogen-bond donors (Lipinski definition) is 1. The van der Waals surface area contributed by atoms with Crippen molar-refractivity contribution in [1.29, 1.82) is 0 Å². The lowest BCUT2D eigenvalue weighted by molar-refractivity contribution is 0.189. The highest BCUT2D eigenvalue weighted by Gasteiger charge is 2.25. The van der Waals surface area contributed by atoms with Crippen LogP contribution in [0.2, 0.25) is 0 Å². The SMILES string of the molecule is CC1c2ccsc2CCN1Cc1csc(CN)n1. The summed E-state index contributed by atoms with van der Waals surface area (Å²) >= 11 is 3.55. The molecule has 0 bridgehead atoms. The van der Waals surface area contributed by atoms with Gasteiger partial charge in [0, 0.05) is 35.9 Å². The Balaban J connectivity index is 1.74. The molecule has 0 radical (unpaired) electrons. The van der Waals surface area contributed by atoms with Crippen LogP contribution in [0.5, 0.6) is 0 Å². The van der Waals surface area contributed by atoms with Gasteiger partial charge in [0.25, 0.3) is 0 Å². The van der Waals surface area contributed by atoms with E-state index in [-0.39, 0.29) is 0 Å². The quantitative estimate of drug-likeness (QED) is 0.939. The van der Waals surface area contributed by atoms with Crippen molar-refractivity contribution in [2.75, 3.05) is 6.54 Å². The third-order valence-corrected chi connectivity index (χ3v) is 5.46. The van der Waals surface area contributed by atoms with Gasteiger partial charge in [0.15, 0.2) is 0 Å². The van der Waals surface area contributed by atoms with E-state index in [1.807, 2.05) is 11.3 Å². The standard InChI is InChI=1S/C13H17N3S2/c1-9-11-3-5-17-12(11)2-4-16(9)7-10-8-18-13(6-14)15-10/h3,5,8-9H,2,4,6-7,14H2,1H3. The molecule has 18 heavy (non-hydrogen) atoms. The Hall–Kier alpha value is -0.750. The molecule has 0 aromatic carbocycles. The van der Waals surface area contributed by atoms with Crippen molar-refractivity contribution in [2.24, 2.45) is 5.73 Å². The number of fused-ring (bicyclic) bond motifs is 1. The molecular formula is C13H17N3S2. The van der Waals surface area contributed by atoms with Crippen molar-refractivity contribution in [1.82, 2.24) is 9.88 Å². The van der Waals surface area contributed by atoms with Crippen LogP contribution in [0.3, 0.4) is 0 Å². The first-order chi connectivity index (χ1) is 8.78. The Bertz CT molecular complexity index is 532. The highest BCUT2D eigenvalue weighted by molar-refractivity contribution is 7.10. The second-order valence-corrected chi connectivity index (χ2v) is 6.58. The van der Waals surface area contributed by atoms with Gasteiger partial charge in [-0.05, 0) is 30.4 Å². The minimum Gasteiger partial charge on any atom is -0.325 e. The molecule has 1 unspecified atom stereocenters. The van der Waals surface area contributed by atoms with E-state index in [9.17, 15) is 0 Å². The third kappa shape index (κ3) is 2.23. The number of nitrogens with two attached hydrogens (primary N) is 1. The summed E-state index contributed by atoms with van der Waals surface area (Å²) in [5, 5.41) is 5.38. The second-order valence-electron chi connectivity index (χ2n) is 4.63. The molecule has 1 aliphatic rings. The molecule has 1 aliphatic heterocycles. The second kappa shape index (κ2) is 5.09. The first-order valence-corrected chi connectivity index (χ1v) is 7.97. The minimum absolute atomic E-state index is 0.503. The maximum Gasteiger partial charge on any atom is 0.106 e. The summed E-state index contributed by atoms with van der Waals surface area (Å²) in [4.78, 5) is 8.61. The zero-order valence-electron chi connectivity index (χ0n) is 10.4. The normalized spacial score (nSPS) is 20.0. The number of hydrogen-bond acceptors (Lipinski definition) is 5.